The van der Waals surface area contributed by atoms with Gasteiger partial charge in [0.15, 0.2) is 17.5 Å². The number of amides is 1. The number of ether oxygens (including phenoxy) is 2. The average Bonchev–Trinajstić information content (AvgIpc) is 2.43. The highest BCUT2D eigenvalue weighted by Gasteiger charge is 2.41. The molecule has 1 rings (SSSR count). The van der Waals surface area contributed by atoms with E-state index >= 15 is 0 Å². The third kappa shape index (κ3) is 4.03. The Morgan fingerprint density at radius 2 is 1.73 bits per heavy atom. The van der Waals surface area contributed by atoms with Gasteiger partial charge in [-0.2, -0.15) is 13.2 Å². The van der Waals surface area contributed by atoms with Crippen LogP contribution in [0.2, 0.25) is 0 Å². The SMILES string of the molecule is COc1cc(Br)c(C(NC(=O)C(F)(F)F)C(=O)O)cc1OC. The second kappa shape index (κ2) is 6.86. The van der Waals surface area contributed by atoms with E-state index in [-0.39, 0.29) is 21.5 Å². The van der Waals surface area contributed by atoms with E-state index in [1.807, 2.05) is 0 Å². The molecule has 122 valence electrons. The first kappa shape index (κ1) is 18.1. The van der Waals surface area contributed by atoms with Crippen LogP contribution in [-0.2, 0) is 9.59 Å². The summed E-state index contributed by atoms with van der Waals surface area (Å²) in [4.78, 5) is 22.2. The molecule has 22 heavy (non-hydrogen) atoms. The molecule has 0 aliphatic carbocycles. The molecule has 0 aromatic heterocycles. The topological polar surface area (TPSA) is 84.9 Å². The summed E-state index contributed by atoms with van der Waals surface area (Å²) in [5.41, 5.74) is -0.122. The smallest absolute Gasteiger partial charge is 0.471 e. The number of carbonyl (C=O) groups is 2. The molecule has 0 aliphatic rings. The molecule has 0 fully saturated rings. The largest absolute Gasteiger partial charge is 0.493 e. The van der Waals surface area contributed by atoms with Gasteiger partial charge in [0.1, 0.15) is 0 Å². The van der Waals surface area contributed by atoms with Crippen molar-refractivity contribution >= 4 is 27.8 Å². The fraction of sp³-hybridized carbons (Fsp3) is 0.333. The number of nitrogens with one attached hydrogen (secondary N) is 1. The Hall–Kier alpha value is -1.97. The zero-order valence-corrected chi connectivity index (χ0v) is 12.9. The lowest BCUT2D eigenvalue weighted by Crippen LogP contribution is -2.42. The summed E-state index contributed by atoms with van der Waals surface area (Å²) in [5.74, 6) is -3.68. The first-order valence-corrected chi connectivity index (χ1v) is 6.43. The van der Waals surface area contributed by atoms with Crippen molar-refractivity contribution in [2.24, 2.45) is 0 Å². The molecule has 0 heterocycles. The fourth-order valence-corrected chi connectivity index (χ4v) is 2.13. The van der Waals surface area contributed by atoms with E-state index in [1.54, 1.807) is 0 Å². The summed E-state index contributed by atoms with van der Waals surface area (Å²) in [6, 6.07) is 0.575. The normalized spacial score (nSPS) is 12.5. The Morgan fingerprint density at radius 1 is 1.23 bits per heavy atom. The summed E-state index contributed by atoms with van der Waals surface area (Å²) in [6.45, 7) is 0. The number of alkyl halides is 3. The van der Waals surface area contributed by atoms with Crippen molar-refractivity contribution in [3.8, 4) is 11.5 Å². The summed E-state index contributed by atoms with van der Waals surface area (Å²) in [5, 5.41) is 10.5. The Bertz CT molecular complexity index is 591. The number of hydrogen-bond acceptors (Lipinski definition) is 4. The minimum Gasteiger partial charge on any atom is -0.493 e. The zero-order valence-electron chi connectivity index (χ0n) is 11.3. The fourth-order valence-electron chi connectivity index (χ4n) is 1.58. The Labute approximate surface area is 131 Å². The number of aliphatic carboxylic acids is 1. The number of carbonyl (C=O) groups excluding carboxylic acids is 1. The van der Waals surface area contributed by atoms with Crippen LogP contribution >= 0.6 is 15.9 Å². The van der Waals surface area contributed by atoms with Gasteiger partial charge in [-0.3, -0.25) is 4.79 Å². The summed E-state index contributed by atoms with van der Waals surface area (Å²) >= 11 is 3.03. The molecule has 1 amide bonds. The molecule has 1 unspecified atom stereocenters. The standard InChI is InChI=1S/C12H11BrF3NO5/c1-21-7-3-5(6(13)4-8(7)22-2)9(10(18)19)17-11(20)12(14,15)16/h3-4,9H,1-2H3,(H,17,20)(H,18,19). The van der Waals surface area contributed by atoms with Gasteiger partial charge in [-0.05, 0) is 12.1 Å². The first-order chi connectivity index (χ1) is 10.1. The van der Waals surface area contributed by atoms with E-state index in [2.05, 4.69) is 15.9 Å². The van der Waals surface area contributed by atoms with Crippen molar-refractivity contribution in [3.63, 3.8) is 0 Å². The molecular weight excluding hydrogens is 375 g/mol. The maximum absolute atomic E-state index is 12.3. The maximum atomic E-state index is 12.3. The maximum Gasteiger partial charge on any atom is 0.471 e. The average molecular weight is 386 g/mol. The van der Waals surface area contributed by atoms with Crippen molar-refractivity contribution in [1.82, 2.24) is 5.32 Å². The first-order valence-electron chi connectivity index (χ1n) is 5.63. The van der Waals surface area contributed by atoms with Gasteiger partial charge in [-0.1, -0.05) is 15.9 Å². The Kier molecular flexibility index (Phi) is 5.64. The predicted molar refractivity (Wildman–Crippen MR) is 71.8 cm³/mol. The van der Waals surface area contributed by atoms with Crippen LogP contribution in [0.5, 0.6) is 11.5 Å². The monoisotopic (exact) mass is 385 g/mol. The number of hydrogen-bond donors (Lipinski definition) is 2. The number of carboxylic acids is 1. The van der Waals surface area contributed by atoms with Crippen molar-refractivity contribution in [3.05, 3.63) is 22.2 Å². The van der Waals surface area contributed by atoms with Crippen molar-refractivity contribution < 1.29 is 37.3 Å². The lowest BCUT2D eigenvalue weighted by molar-refractivity contribution is -0.175. The lowest BCUT2D eigenvalue weighted by Gasteiger charge is -2.19. The number of halogens is 4. The van der Waals surface area contributed by atoms with Gasteiger partial charge in [0.2, 0.25) is 0 Å². The molecule has 0 bridgehead atoms. The highest BCUT2D eigenvalue weighted by Crippen LogP contribution is 2.36. The molecule has 1 aromatic carbocycles. The molecule has 0 radical (unpaired) electrons. The van der Waals surface area contributed by atoms with Crippen LogP contribution in [-0.4, -0.2) is 37.4 Å². The molecule has 0 saturated heterocycles. The van der Waals surface area contributed by atoms with Crippen LogP contribution in [0.15, 0.2) is 16.6 Å². The number of benzene rings is 1. The van der Waals surface area contributed by atoms with E-state index in [9.17, 15) is 22.8 Å². The number of carboxylic acid groups (broad SMARTS) is 1. The van der Waals surface area contributed by atoms with Crippen LogP contribution in [0.4, 0.5) is 13.2 Å². The van der Waals surface area contributed by atoms with Gasteiger partial charge in [0.25, 0.3) is 0 Å². The zero-order chi connectivity index (χ0) is 17.1. The minimum atomic E-state index is -5.20. The van der Waals surface area contributed by atoms with E-state index in [1.165, 1.54) is 31.7 Å². The van der Waals surface area contributed by atoms with Gasteiger partial charge in [0, 0.05) is 10.0 Å². The van der Waals surface area contributed by atoms with Crippen molar-refractivity contribution in [1.29, 1.82) is 0 Å². The third-order valence-electron chi connectivity index (χ3n) is 2.59. The second-order valence-corrected chi connectivity index (χ2v) is 4.83. The molecule has 0 aliphatic heterocycles. The van der Waals surface area contributed by atoms with Gasteiger partial charge < -0.3 is 19.9 Å². The summed E-state index contributed by atoms with van der Waals surface area (Å²) in [7, 11) is 2.61. The van der Waals surface area contributed by atoms with Crippen LogP contribution in [0.25, 0.3) is 0 Å². The molecule has 10 heteroatoms. The number of methoxy groups -OCH3 is 2. The Balaban J connectivity index is 3.28. The highest BCUT2D eigenvalue weighted by atomic mass is 79.9. The molecule has 1 atom stereocenters. The van der Waals surface area contributed by atoms with E-state index < -0.39 is 24.1 Å². The summed E-state index contributed by atoms with van der Waals surface area (Å²) < 4.78 is 47.0. The minimum absolute atomic E-state index is 0.105. The van der Waals surface area contributed by atoms with Crippen LogP contribution in [0.1, 0.15) is 11.6 Å². The molecule has 6 nitrogen and oxygen atoms in total. The number of rotatable bonds is 5. The van der Waals surface area contributed by atoms with Gasteiger partial charge in [-0.15, -0.1) is 0 Å². The predicted octanol–water partition coefficient (Wildman–Crippen LogP) is 2.27. The van der Waals surface area contributed by atoms with E-state index in [0.29, 0.717) is 0 Å². The molecule has 0 spiro atoms. The van der Waals surface area contributed by atoms with Crippen LogP contribution in [0, 0.1) is 0 Å². The molecule has 0 saturated carbocycles. The lowest BCUT2D eigenvalue weighted by atomic mass is 10.1. The summed E-state index contributed by atoms with van der Waals surface area (Å²) in [6.07, 6.45) is -5.20. The molecule has 2 N–H and O–H groups in total. The van der Waals surface area contributed by atoms with Gasteiger partial charge >= 0.3 is 18.1 Å². The highest BCUT2D eigenvalue weighted by molar-refractivity contribution is 9.10. The molecule has 1 aromatic rings. The molecular formula is C12H11BrF3NO5. The van der Waals surface area contributed by atoms with Crippen molar-refractivity contribution in [2.45, 2.75) is 12.2 Å². The van der Waals surface area contributed by atoms with Gasteiger partial charge in [-0.25, -0.2) is 4.79 Å². The quantitative estimate of drug-likeness (QED) is 0.811. The van der Waals surface area contributed by atoms with E-state index in [0.717, 1.165) is 0 Å². The third-order valence-corrected chi connectivity index (χ3v) is 3.28. The van der Waals surface area contributed by atoms with Crippen LogP contribution in [0.3, 0.4) is 0 Å². The second-order valence-electron chi connectivity index (χ2n) is 3.97. The Morgan fingerprint density at radius 3 is 2.14 bits per heavy atom. The van der Waals surface area contributed by atoms with Crippen LogP contribution < -0.4 is 14.8 Å². The van der Waals surface area contributed by atoms with Gasteiger partial charge in [0.05, 0.1) is 14.2 Å². The van der Waals surface area contributed by atoms with E-state index in [4.69, 9.17) is 14.6 Å². The van der Waals surface area contributed by atoms with Crippen molar-refractivity contribution in [2.75, 3.05) is 14.2 Å².